The highest BCUT2D eigenvalue weighted by molar-refractivity contribution is 5.92. The first-order valence-corrected chi connectivity index (χ1v) is 22.6. The first-order chi connectivity index (χ1) is 30.2. The van der Waals surface area contributed by atoms with E-state index in [1.54, 1.807) is 12.4 Å². The molecular formula is C48H60F2N8O5. The van der Waals surface area contributed by atoms with Crippen molar-refractivity contribution >= 4 is 28.7 Å². The van der Waals surface area contributed by atoms with Gasteiger partial charge in [-0.05, 0) is 60.9 Å². The number of likely N-dealkylation sites (tertiary alicyclic amines) is 2. The SMILES string of the molecule is CCCC1Oc2cc(-c3cnc(C4CC(F)CN4C(=O)C(N)C(C)C)[nH]3)cc(F)c2-c2cc3cc(-c4cnc(C5CCCN5C(=O)C(C(C)C)C(CC)CC(=O)OC)[nH]4)ccc3n21. The largest absolute Gasteiger partial charge is 0.469 e. The number of ether oxygens (including phenoxy) is 2. The summed E-state index contributed by atoms with van der Waals surface area (Å²) in [6, 6.07) is 9.79. The van der Waals surface area contributed by atoms with Gasteiger partial charge in [-0.15, -0.1) is 0 Å². The second kappa shape index (κ2) is 17.9. The van der Waals surface area contributed by atoms with Gasteiger partial charge in [-0.3, -0.25) is 14.4 Å². The van der Waals surface area contributed by atoms with E-state index in [-0.39, 0.29) is 66.9 Å². The molecule has 2 saturated heterocycles. The maximum absolute atomic E-state index is 16.5. The Bertz CT molecular complexity index is 2490. The number of carbonyl (C=O) groups is 3. The Hall–Kier alpha value is -5.57. The lowest BCUT2D eigenvalue weighted by Gasteiger charge is -2.34. The molecule has 2 aromatic carbocycles. The van der Waals surface area contributed by atoms with Crippen LogP contribution in [0.5, 0.6) is 5.75 Å². The van der Waals surface area contributed by atoms with E-state index in [0.717, 1.165) is 47.2 Å². The van der Waals surface area contributed by atoms with E-state index >= 15 is 4.39 Å². The van der Waals surface area contributed by atoms with E-state index in [1.807, 2.05) is 63.8 Å². The molecule has 0 radical (unpaired) electrons. The molecule has 8 rings (SSSR count). The predicted octanol–water partition coefficient (Wildman–Crippen LogP) is 9.04. The Morgan fingerprint density at radius 1 is 0.937 bits per heavy atom. The number of benzene rings is 2. The van der Waals surface area contributed by atoms with Crippen molar-refractivity contribution in [3.05, 3.63) is 66.3 Å². The lowest BCUT2D eigenvalue weighted by atomic mass is 9.78. The summed E-state index contributed by atoms with van der Waals surface area (Å²) in [5, 5.41) is 0.908. The number of hydrogen-bond donors (Lipinski definition) is 3. The fourth-order valence-electron chi connectivity index (χ4n) is 10.0. The van der Waals surface area contributed by atoms with E-state index in [4.69, 9.17) is 20.2 Å². The normalized spacial score (nSPS) is 21.1. The van der Waals surface area contributed by atoms with E-state index in [9.17, 15) is 18.8 Å². The van der Waals surface area contributed by atoms with Crippen molar-refractivity contribution in [1.29, 1.82) is 0 Å². The summed E-state index contributed by atoms with van der Waals surface area (Å²) in [6.45, 7) is 12.5. The van der Waals surface area contributed by atoms with Crippen LogP contribution in [0.3, 0.4) is 0 Å². The number of methoxy groups -OCH3 is 1. The molecule has 7 atom stereocenters. The third-order valence-electron chi connectivity index (χ3n) is 13.4. The summed E-state index contributed by atoms with van der Waals surface area (Å²) in [7, 11) is 1.38. The van der Waals surface area contributed by atoms with Crippen LogP contribution in [0.15, 0.2) is 48.8 Å². The first kappa shape index (κ1) is 44.1. The van der Waals surface area contributed by atoms with Gasteiger partial charge in [-0.1, -0.05) is 60.5 Å². The average molecular weight is 867 g/mol. The summed E-state index contributed by atoms with van der Waals surface area (Å²) >= 11 is 0. The van der Waals surface area contributed by atoms with Gasteiger partial charge in [0.2, 0.25) is 11.8 Å². The molecule has 13 nitrogen and oxygen atoms in total. The summed E-state index contributed by atoms with van der Waals surface area (Å²) in [5.74, 6) is 0.00253. The topological polar surface area (TPSA) is 164 Å². The number of aromatic amines is 2. The first-order valence-electron chi connectivity index (χ1n) is 22.6. The van der Waals surface area contributed by atoms with Crippen molar-refractivity contribution in [2.24, 2.45) is 29.4 Å². The zero-order valence-electron chi connectivity index (χ0n) is 37.3. The van der Waals surface area contributed by atoms with Crippen molar-refractivity contribution in [2.45, 2.75) is 117 Å². The minimum atomic E-state index is -1.21. The molecule has 3 aromatic heterocycles. The number of rotatable bonds is 14. The molecule has 15 heteroatoms. The standard InChI is InChI=1S/C48H60F2N8O5/c1-8-11-40-58-35-14-13-28(33-22-52-45(54-33)36-12-10-15-56(36)47(60)42(25(3)4)27(9-2)20-41(59)62-7)16-30(35)18-37(58)43-32(50)17-29(19-39(43)63-40)34-23-53-46(55-34)38-21-31(49)24-57(38)48(61)44(51)26(5)6/h13-14,16-19,22-23,25-27,31,36,38,40,42,44H,8-12,15,20-21,24,51H2,1-7H3,(H,52,54)(H,53,55). The van der Waals surface area contributed by atoms with Crippen LogP contribution in [0.2, 0.25) is 0 Å². The lowest BCUT2D eigenvalue weighted by molar-refractivity contribution is -0.145. The molecule has 3 aliphatic rings. The number of H-pyrrole nitrogens is 2. The summed E-state index contributed by atoms with van der Waals surface area (Å²) in [4.78, 5) is 59.2. The van der Waals surface area contributed by atoms with Crippen molar-refractivity contribution in [2.75, 3.05) is 20.2 Å². The molecule has 2 fully saturated rings. The monoisotopic (exact) mass is 866 g/mol. The number of halogens is 2. The number of aromatic nitrogens is 5. The molecule has 5 aromatic rings. The fraction of sp³-hybridized carbons (Fsp3) is 0.521. The highest BCUT2D eigenvalue weighted by Gasteiger charge is 2.42. The van der Waals surface area contributed by atoms with Crippen LogP contribution in [0, 0.1) is 29.5 Å². The highest BCUT2D eigenvalue weighted by atomic mass is 19.1. The van der Waals surface area contributed by atoms with Crippen LogP contribution >= 0.6 is 0 Å². The molecule has 7 unspecified atom stereocenters. The fourth-order valence-corrected chi connectivity index (χ4v) is 10.0. The van der Waals surface area contributed by atoms with E-state index in [1.165, 1.54) is 18.1 Å². The Morgan fingerprint density at radius 2 is 1.65 bits per heavy atom. The van der Waals surface area contributed by atoms with Gasteiger partial charge >= 0.3 is 5.97 Å². The number of esters is 1. The Labute approximate surface area is 367 Å². The number of nitrogens with one attached hydrogen (secondary N) is 2. The molecule has 4 N–H and O–H groups in total. The second-order valence-electron chi connectivity index (χ2n) is 18.2. The Balaban J connectivity index is 1.07. The Morgan fingerprint density at radius 3 is 2.32 bits per heavy atom. The third kappa shape index (κ3) is 8.24. The molecule has 63 heavy (non-hydrogen) atoms. The number of nitrogens with two attached hydrogens (primary N) is 1. The summed E-state index contributed by atoms with van der Waals surface area (Å²) < 4.78 is 44.9. The van der Waals surface area contributed by atoms with Gasteiger partial charge in [0.05, 0.1) is 72.3 Å². The maximum atomic E-state index is 16.5. The predicted molar refractivity (Wildman–Crippen MR) is 236 cm³/mol. The van der Waals surface area contributed by atoms with Crippen LogP contribution in [-0.4, -0.2) is 84.5 Å². The van der Waals surface area contributed by atoms with Crippen LogP contribution in [0.25, 0.3) is 44.7 Å². The number of amides is 2. The average Bonchev–Trinajstić information content (AvgIpc) is 4.11. The number of fused-ring (bicyclic) bond motifs is 5. The number of hydrogen-bond acceptors (Lipinski definition) is 8. The van der Waals surface area contributed by atoms with Crippen LogP contribution in [-0.2, 0) is 19.1 Å². The zero-order chi connectivity index (χ0) is 44.9. The molecule has 0 saturated carbocycles. The van der Waals surface area contributed by atoms with Crippen molar-refractivity contribution in [1.82, 2.24) is 34.3 Å². The van der Waals surface area contributed by atoms with Crippen molar-refractivity contribution in [3.8, 4) is 39.5 Å². The van der Waals surface area contributed by atoms with Crippen LogP contribution in [0.1, 0.15) is 116 Å². The van der Waals surface area contributed by atoms with Gasteiger partial charge < -0.3 is 39.5 Å². The maximum Gasteiger partial charge on any atom is 0.305 e. The van der Waals surface area contributed by atoms with Crippen molar-refractivity contribution in [3.63, 3.8) is 0 Å². The molecule has 0 spiro atoms. The molecule has 6 heterocycles. The smallest absolute Gasteiger partial charge is 0.305 e. The van der Waals surface area contributed by atoms with Crippen molar-refractivity contribution < 1.29 is 32.6 Å². The molecule has 0 bridgehead atoms. The molecule has 3 aliphatic heterocycles. The summed E-state index contributed by atoms with van der Waals surface area (Å²) in [5.41, 5.74) is 10.9. The van der Waals surface area contributed by atoms with Gasteiger partial charge in [0.1, 0.15) is 29.4 Å². The second-order valence-corrected chi connectivity index (χ2v) is 18.2. The van der Waals surface area contributed by atoms with Gasteiger partial charge in [-0.2, -0.15) is 0 Å². The molecular weight excluding hydrogens is 807 g/mol. The zero-order valence-corrected chi connectivity index (χ0v) is 37.3. The van der Waals surface area contributed by atoms with Gasteiger partial charge in [0.15, 0.2) is 6.23 Å². The van der Waals surface area contributed by atoms with Crippen LogP contribution in [0.4, 0.5) is 8.78 Å². The highest BCUT2D eigenvalue weighted by Crippen LogP contribution is 2.47. The third-order valence-corrected chi connectivity index (χ3v) is 13.4. The van der Waals surface area contributed by atoms with E-state index in [0.29, 0.717) is 53.5 Å². The number of alkyl halides is 1. The van der Waals surface area contributed by atoms with Gasteiger partial charge in [0.25, 0.3) is 0 Å². The van der Waals surface area contributed by atoms with Gasteiger partial charge in [0, 0.05) is 48.2 Å². The lowest BCUT2D eigenvalue weighted by Crippen LogP contribution is -2.46. The Kier molecular flexibility index (Phi) is 12.5. The van der Waals surface area contributed by atoms with E-state index < -0.39 is 30.3 Å². The number of imidazole rings is 2. The summed E-state index contributed by atoms with van der Waals surface area (Å²) in [6.07, 6.45) is 5.93. The molecule has 2 amide bonds. The molecule has 0 aliphatic carbocycles. The number of carbonyl (C=O) groups excluding carboxylic acids is 3. The van der Waals surface area contributed by atoms with Crippen LogP contribution < -0.4 is 10.5 Å². The quantitative estimate of drug-likeness (QED) is 0.0931. The number of nitrogens with zero attached hydrogens (tertiary/aromatic N) is 5. The minimum Gasteiger partial charge on any atom is -0.469 e. The van der Waals surface area contributed by atoms with E-state index in [2.05, 4.69) is 32.5 Å². The van der Waals surface area contributed by atoms with Gasteiger partial charge in [-0.25, -0.2) is 18.7 Å². The minimum absolute atomic E-state index is 0.0461. The molecule has 336 valence electrons.